The maximum absolute atomic E-state index is 11.8. The van der Waals surface area contributed by atoms with E-state index in [-0.39, 0.29) is 5.56 Å². The van der Waals surface area contributed by atoms with Crippen LogP contribution in [0.5, 0.6) is 0 Å². The van der Waals surface area contributed by atoms with Crippen molar-refractivity contribution in [3.8, 4) is 5.69 Å². The van der Waals surface area contributed by atoms with Crippen LogP contribution >= 0.6 is 23.2 Å². The van der Waals surface area contributed by atoms with Crippen molar-refractivity contribution in [3.63, 3.8) is 0 Å². The third-order valence-electron chi connectivity index (χ3n) is 2.78. The van der Waals surface area contributed by atoms with Gasteiger partial charge in [-0.05, 0) is 31.0 Å². The highest BCUT2D eigenvalue weighted by molar-refractivity contribution is 6.35. The molecule has 1 fully saturated rings. The van der Waals surface area contributed by atoms with Crippen LogP contribution in [-0.4, -0.2) is 9.90 Å². The lowest BCUT2D eigenvalue weighted by molar-refractivity contribution is -0.758. The lowest BCUT2D eigenvalue weighted by Crippen LogP contribution is -2.34. The number of benzene rings is 1. The first kappa shape index (κ1) is 10.9. The molecule has 0 unspecified atom stereocenters. The van der Waals surface area contributed by atoms with Gasteiger partial charge in [0.2, 0.25) is 6.20 Å². The van der Waals surface area contributed by atoms with Gasteiger partial charge in [-0.25, -0.2) is 4.79 Å². The standard InChI is InChI=1S/C11H9Cl2N3O/c12-7-1-4-10(9(13)5-7)16-11(17)6-15(14-16)8-2-3-8/h1,4-6,8H,2-3H2/p+1. The van der Waals surface area contributed by atoms with Crippen molar-refractivity contribution >= 4 is 23.2 Å². The Morgan fingerprint density at radius 1 is 1.35 bits per heavy atom. The van der Waals surface area contributed by atoms with Gasteiger partial charge in [0.1, 0.15) is 6.04 Å². The van der Waals surface area contributed by atoms with E-state index >= 15 is 0 Å². The number of aromatic nitrogens is 3. The van der Waals surface area contributed by atoms with E-state index in [0.29, 0.717) is 21.8 Å². The molecule has 0 atom stereocenters. The highest BCUT2D eigenvalue weighted by atomic mass is 35.5. The van der Waals surface area contributed by atoms with E-state index in [9.17, 15) is 4.79 Å². The van der Waals surface area contributed by atoms with Gasteiger partial charge >= 0.3 is 5.56 Å². The second-order valence-electron chi connectivity index (χ2n) is 4.14. The van der Waals surface area contributed by atoms with E-state index in [4.69, 9.17) is 23.2 Å². The predicted octanol–water partition coefficient (Wildman–Crippen LogP) is 2.09. The van der Waals surface area contributed by atoms with E-state index in [1.54, 1.807) is 24.4 Å². The van der Waals surface area contributed by atoms with Gasteiger partial charge in [0, 0.05) is 5.02 Å². The van der Waals surface area contributed by atoms with Gasteiger partial charge in [0.05, 0.1) is 5.02 Å². The molecule has 0 amide bonds. The molecule has 1 aliphatic rings. The lowest BCUT2D eigenvalue weighted by atomic mass is 10.3. The van der Waals surface area contributed by atoms with Crippen LogP contribution in [0.25, 0.3) is 5.69 Å². The zero-order chi connectivity index (χ0) is 12.0. The average molecular weight is 271 g/mol. The molecule has 0 saturated heterocycles. The van der Waals surface area contributed by atoms with Crippen molar-refractivity contribution in [3.05, 3.63) is 44.8 Å². The SMILES string of the molecule is O=c1c[n+](C2CC2)[nH]n1-c1ccc(Cl)cc1Cl. The van der Waals surface area contributed by atoms with E-state index in [1.165, 1.54) is 4.68 Å². The summed E-state index contributed by atoms with van der Waals surface area (Å²) < 4.78 is 3.25. The first-order chi connectivity index (χ1) is 8.15. The van der Waals surface area contributed by atoms with Crippen LogP contribution in [0.15, 0.2) is 29.2 Å². The summed E-state index contributed by atoms with van der Waals surface area (Å²) in [5, 5.41) is 4.01. The van der Waals surface area contributed by atoms with E-state index < -0.39 is 0 Å². The molecule has 1 aliphatic carbocycles. The molecule has 0 spiro atoms. The molecule has 6 heteroatoms. The van der Waals surface area contributed by atoms with Crippen molar-refractivity contribution in [1.29, 1.82) is 0 Å². The van der Waals surface area contributed by atoms with Gasteiger partial charge in [0.25, 0.3) is 0 Å². The second-order valence-corrected chi connectivity index (χ2v) is 4.98. The summed E-state index contributed by atoms with van der Waals surface area (Å²) in [5.41, 5.74) is 0.488. The minimum atomic E-state index is -0.124. The van der Waals surface area contributed by atoms with E-state index in [0.717, 1.165) is 12.8 Å². The smallest absolute Gasteiger partial charge is 0.235 e. The number of halogens is 2. The highest BCUT2D eigenvalue weighted by Crippen LogP contribution is 2.28. The summed E-state index contributed by atoms with van der Waals surface area (Å²) in [4.78, 5) is 11.8. The quantitative estimate of drug-likeness (QED) is 0.835. The Kier molecular flexibility index (Phi) is 2.49. The third kappa shape index (κ3) is 1.98. The first-order valence-electron chi connectivity index (χ1n) is 5.34. The number of H-pyrrole nitrogens is 1. The van der Waals surface area contributed by atoms with Crippen LogP contribution in [0.3, 0.4) is 0 Å². The van der Waals surface area contributed by atoms with Crippen molar-refractivity contribution in [2.75, 3.05) is 0 Å². The molecule has 0 aliphatic heterocycles. The molecule has 0 radical (unpaired) electrons. The van der Waals surface area contributed by atoms with E-state index in [2.05, 4.69) is 5.21 Å². The molecular weight excluding hydrogens is 261 g/mol. The molecular formula is C11H10Cl2N3O+. The lowest BCUT2D eigenvalue weighted by Gasteiger charge is -1.98. The molecule has 0 bridgehead atoms. The molecule has 1 aromatic carbocycles. The zero-order valence-corrected chi connectivity index (χ0v) is 10.4. The monoisotopic (exact) mass is 270 g/mol. The topological polar surface area (TPSA) is 41.7 Å². The summed E-state index contributed by atoms with van der Waals surface area (Å²) in [5.74, 6) is 0. The fourth-order valence-corrected chi connectivity index (χ4v) is 2.24. The number of nitrogens with one attached hydrogen (secondary N) is 1. The van der Waals surface area contributed by atoms with Crippen molar-refractivity contribution in [2.24, 2.45) is 0 Å². The summed E-state index contributed by atoms with van der Waals surface area (Å²) >= 11 is 11.9. The number of aromatic amines is 1. The van der Waals surface area contributed by atoms with Gasteiger partial charge in [-0.15, -0.1) is 0 Å². The van der Waals surface area contributed by atoms with Crippen molar-refractivity contribution < 1.29 is 4.68 Å². The van der Waals surface area contributed by atoms with Gasteiger partial charge in [0.15, 0.2) is 5.69 Å². The molecule has 1 saturated carbocycles. The number of rotatable bonds is 2. The fourth-order valence-electron chi connectivity index (χ4n) is 1.75. The van der Waals surface area contributed by atoms with Gasteiger partial charge in [-0.3, -0.25) is 0 Å². The molecule has 3 rings (SSSR count). The molecule has 4 nitrogen and oxygen atoms in total. The van der Waals surface area contributed by atoms with Crippen LogP contribution in [0.2, 0.25) is 10.0 Å². The molecule has 88 valence electrons. The number of hydrogen-bond acceptors (Lipinski definition) is 1. The number of nitrogens with zero attached hydrogens (tertiary/aromatic N) is 2. The largest absolute Gasteiger partial charge is 0.398 e. The maximum atomic E-state index is 11.8. The van der Waals surface area contributed by atoms with Crippen LogP contribution in [-0.2, 0) is 0 Å². The summed E-state index contributed by atoms with van der Waals surface area (Å²) in [6.07, 6.45) is 3.78. The van der Waals surface area contributed by atoms with Crippen LogP contribution in [0, 0.1) is 0 Å². The Morgan fingerprint density at radius 2 is 2.12 bits per heavy atom. The zero-order valence-electron chi connectivity index (χ0n) is 8.86. The Bertz CT molecular complexity index is 628. The molecule has 2 aromatic rings. The summed E-state index contributed by atoms with van der Waals surface area (Å²) in [7, 11) is 0. The van der Waals surface area contributed by atoms with Crippen molar-refractivity contribution in [2.45, 2.75) is 18.9 Å². The normalized spacial score (nSPS) is 15.2. The predicted molar refractivity (Wildman–Crippen MR) is 64.9 cm³/mol. The minimum absolute atomic E-state index is 0.124. The van der Waals surface area contributed by atoms with Crippen LogP contribution in [0.1, 0.15) is 18.9 Å². The highest BCUT2D eigenvalue weighted by Gasteiger charge is 2.31. The Hall–Kier alpha value is -1.26. The van der Waals surface area contributed by atoms with Crippen LogP contribution < -0.4 is 10.2 Å². The molecule has 17 heavy (non-hydrogen) atoms. The Balaban J connectivity index is 2.11. The Morgan fingerprint density at radius 3 is 2.76 bits per heavy atom. The summed E-state index contributed by atoms with van der Waals surface area (Å²) in [6, 6.07) is 5.47. The Labute approximate surface area is 107 Å². The molecule has 1 N–H and O–H groups in total. The van der Waals surface area contributed by atoms with Gasteiger partial charge in [-0.2, -0.15) is 4.68 Å². The summed E-state index contributed by atoms with van der Waals surface area (Å²) in [6.45, 7) is 0. The van der Waals surface area contributed by atoms with E-state index in [1.807, 2.05) is 4.68 Å². The van der Waals surface area contributed by atoms with Gasteiger partial charge < -0.3 is 0 Å². The van der Waals surface area contributed by atoms with Crippen molar-refractivity contribution in [1.82, 2.24) is 9.90 Å². The number of hydrogen-bond donors (Lipinski definition) is 1. The molecule has 1 heterocycles. The first-order valence-corrected chi connectivity index (χ1v) is 6.09. The molecule has 1 aromatic heterocycles. The fraction of sp³-hybridized carbons (Fsp3) is 0.273. The van der Waals surface area contributed by atoms with Gasteiger partial charge in [-0.1, -0.05) is 33.1 Å². The minimum Gasteiger partial charge on any atom is -0.235 e. The average Bonchev–Trinajstić information content (AvgIpc) is 3.04. The maximum Gasteiger partial charge on any atom is 0.398 e. The second kappa shape index (κ2) is 3.89. The van der Waals surface area contributed by atoms with Crippen LogP contribution in [0.4, 0.5) is 0 Å². The third-order valence-corrected chi connectivity index (χ3v) is 3.31.